The van der Waals surface area contributed by atoms with E-state index in [9.17, 15) is 5.11 Å². The molecule has 1 nitrogen and oxygen atoms in total. The summed E-state index contributed by atoms with van der Waals surface area (Å²) in [5.41, 5.74) is 2.27. The van der Waals surface area contributed by atoms with Gasteiger partial charge < -0.3 is 5.11 Å². The lowest BCUT2D eigenvalue weighted by Crippen LogP contribution is -2.13. The molecule has 1 aliphatic carbocycles. The molecule has 0 aromatic carbocycles. The van der Waals surface area contributed by atoms with Crippen molar-refractivity contribution in [2.45, 2.75) is 32.3 Å². The Morgan fingerprint density at radius 3 is 2.90 bits per heavy atom. The number of terminal acetylenes is 1. The topological polar surface area (TPSA) is 20.2 Å². The van der Waals surface area contributed by atoms with Gasteiger partial charge in [0, 0.05) is 12.0 Å². The Hall–Kier alpha value is -0.740. The minimum atomic E-state index is -0.199. The Bertz CT molecular complexity index is 195. The molecule has 0 fully saturated rings. The van der Waals surface area contributed by atoms with Crippen LogP contribution in [0.15, 0.2) is 11.1 Å². The third-order valence-corrected chi connectivity index (χ3v) is 1.98. The molecule has 0 saturated carbocycles. The zero-order chi connectivity index (χ0) is 7.56. The van der Waals surface area contributed by atoms with Crippen molar-refractivity contribution in [2.24, 2.45) is 0 Å². The van der Waals surface area contributed by atoms with Crippen LogP contribution in [0.5, 0.6) is 0 Å². The third-order valence-electron chi connectivity index (χ3n) is 1.98. The Balaban J connectivity index is 2.75. The third kappa shape index (κ3) is 1.40. The molecule has 0 amide bonds. The van der Waals surface area contributed by atoms with Gasteiger partial charge in [-0.05, 0) is 19.8 Å². The van der Waals surface area contributed by atoms with Crippen molar-refractivity contribution < 1.29 is 5.11 Å². The van der Waals surface area contributed by atoms with Gasteiger partial charge in [0.2, 0.25) is 0 Å². The SMILES string of the molecule is C#CC1=C(C)CC[C@H](O)C1. The second-order valence-corrected chi connectivity index (χ2v) is 2.80. The van der Waals surface area contributed by atoms with E-state index < -0.39 is 0 Å². The van der Waals surface area contributed by atoms with E-state index in [-0.39, 0.29) is 6.10 Å². The Morgan fingerprint density at radius 2 is 2.40 bits per heavy atom. The number of aliphatic hydroxyl groups excluding tert-OH is 1. The molecule has 1 aliphatic rings. The van der Waals surface area contributed by atoms with Crippen molar-refractivity contribution in [3.05, 3.63) is 11.1 Å². The van der Waals surface area contributed by atoms with Gasteiger partial charge in [0.1, 0.15) is 0 Å². The number of allylic oxidation sites excluding steroid dienone is 1. The van der Waals surface area contributed by atoms with Gasteiger partial charge in [-0.25, -0.2) is 0 Å². The van der Waals surface area contributed by atoms with E-state index in [0.717, 1.165) is 18.4 Å². The predicted molar refractivity (Wildman–Crippen MR) is 41.4 cm³/mol. The summed E-state index contributed by atoms with van der Waals surface area (Å²) in [4.78, 5) is 0. The van der Waals surface area contributed by atoms with Crippen molar-refractivity contribution in [2.75, 3.05) is 0 Å². The second kappa shape index (κ2) is 2.90. The van der Waals surface area contributed by atoms with Crippen molar-refractivity contribution in [3.63, 3.8) is 0 Å². The highest BCUT2D eigenvalue weighted by atomic mass is 16.3. The van der Waals surface area contributed by atoms with Crippen LogP contribution in [0.1, 0.15) is 26.2 Å². The van der Waals surface area contributed by atoms with Crippen LogP contribution >= 0.6 is 0 Å². The summed E-state index contributed by atoms with van der Waals surface area (Å²) >= 11 is 0. The van der Waals surface area contributed by atoms with E-state index in [1.54, 1.807) is 0 Å². The van der Waals surface area contributed by atoms with Crippen molar-refractivity contribution in [1.82, 2.24) is 0 Å². The summed E-state index contributed by atoms with van der Waals surface area (Å²) in [5.74, 6) is 2.60. The first kappa shape index (κ1) is 7.37. The molecular weight excluding hydrogens is 124 g/mol. The van der Waals surface area contributed by atoms with E-state index in [0.29, 0.717) is 6.42 Å². The number of rotatable bonds is 0. The van der Waals surface area contributed by atoms with Crippen LogP contribution in [0.2, 0.25) is 0 Å². The van der Waals surface area contributed by atoms with E-state index in [2.05, 4.69) is 5.92 Å². The molecule has 0 bridgehead atoms. The van der Waals surface area contributed by atoms with Gasteiger partial charge in [-0.2, -0.15) is 0 Å². The largest absolute Gasteiger partial charge is 0.393 e. The first-order valence-electron chi connectivity index (χ1n) is 3.57. The molecule has 1 rings (SSSR count). The van der Waals surface area contributed by atoms with E-state index >= 15 is 0 Å². The molecule has 10 heavy (non-hydrogen) atoms. The molecule has 54 valence electrons. The molecular formula is C9H12O. The average molecular weight is 136 g/mol. The second-order valence-electron chi connectivity index (χ2n) is 2.80. The molecule has 0 aromatic rings. The summed E-state index contributed by atoms with van der Waals surface area (Å²) in [6.07, 6.45) is 7.55. The number of aliphatic hydroxyl groups is 1. The Labute approximate surface area is 61.8 Å². The van der Waals surface area contributed by atoms with Crippen molar-refractivity contribution in [3.8, 4) is 12.3 Å². The summed E-state index contributed by atoms with van der Waals surface area (Å²) in [7, 11) is 0. The smallest absolute Gasteiger partial charge is 0.0589 e. The molecule has 0 aliphatic heterocycles. The predicted octanol–water partition coefficient (Wildman–Crippen LogP) is 1.48. The van der Waals surface area contributed by atoms with Crippen LogP contribution in [-0.4, -0.2) is 11.2 Å². The van der Waals surface area contributed by atoms with Gasteiger partial charge in [-0.15, -0.1) is 6.42 Å². The highest BCUT2D eigenvalue weighted by Crippen LogP contribution is 2.23. The average Bonchev–Trinajstić information content (AvgIpc) is 1.94. The lowest BCUT2D eigenvalue weighted by atomic mass is 9.91. The van der Waals surface area contributed by atoms with Gasteiger partial charge in [-0.1, -0.05) is 11.5 Å². The minimum Gasteiger partial charge on any atom is -0.393 e. The fraction of sp³-hybridized carbons (Fsp3) is 0.556. The van der Waals surface area contributed by atoms with Crippen LogP contribution in [0, 0.1) is 12.3 Å². The fourth-order valence-electron chi connectivity index (χ4n) is 1.23. The Kier molecular flexibility index (Phi) is 2.13. The van der Waals surface area contributed by atoms with Gasteiger partial charge in [-0.3, -0.25) is 0 Å². The highest BCUT2D eigenvalue weighted by molar-refractivity contribution is 5.32. The molecule has 0 saturated heterocycles. The monoisotopic (exact) mass is 136 g/mol. The van der Waals surface area contributed by atoms with Gasteiger partial charge in [0.05, 0.1) is 6.10 Å². The van der Waals surface area contributed by atoms with E-state index in [4.69, 9.17) is 6.42 Å². The van der Waals surface area contributed by atoms with Crippen molar-refractivity contribution in [1.29, 1.82) is 0 Å². The van der Waals surface area contributed by atoms with Crippen LogP contribution in [0.3, 0.4) is 0 Å². The normalized spacial score (nSPS) is 26.3. The zero-order valence-electron chi connectivity index (χ0n) is 6.22. The lowest BCUT2D eigenvalue weighted by Gasteiger charge is -2.18. The molecule has 1 N–H and O–H groups in total. The first-order chi connectivity index (χ1) is 4.74. The molecule has 0 unspecified atom stereocenters. The van der Waals surface area contributed by atoms with Crippen LogP contribution < -0.4 is 0 Å². The van der Waals surface area contributed by atoms with Crippen LogP contribution in [0.4, 0.5) is 0 Å². The fourth-order valence-corrected chi connectivity index (χ4v) is 1.23. The quantitative estimate of drug-likeness (QED) is 0.500. The summed E-state index contributed by atoms with van der Waals surface area (Å²) < 4.78 is 0. The maximum atomic E-state index is 9.20. The molecule has 0 spiro atoms. The molecule has 0 radical (unpaired) electrons. The standard InChI is InChI=1S/C9H12O/c1-3-8-6-9(10)5-4-7(8)2/h1,9-10H,4-6H2,2H3/t9-/m0/s1. The summed E-state index contributed by atoms with van der Waals surface area (Å²) in [5, 5.41) is 9.20. The van der Waals surface area contributed by atoms with Gasteiger partial charge in [0.25, 0.3) is 0 Å². The van der Waals surface area contributed by atoms with E-state index in [1.807, 2.05) is 6.92 Å². The van der Waals surface area contributed by atoms with Gasteiger partial charge in [0.15, 0.2) is 0 Å². The summed E-state index contributed by atoms with van der Waals surface area (Å²) in [6.45, 7) is 2.04. The van der Waals surface area contributed by atoms with Crippen molar-refractivity contribution >= 4 is 0 Å². The minimum absolute atomic E-state index is 0.199. The molecule has 1 atom stereocenters. The molecule has 0 aromatic heterocycles. The first-order valence-corrected chi connectivity index (χ1v) is 3.57. The Morgan fingerprint density at radius 1 is 1.70 bits per heavy atom. The summed E-state index contributed by atoms with van der Waals surface area (Å²) in [6, 6.07) is 0. The molecule has 0 heterocycles. The van der Waals surface area contributed by atoms with E-state index in [1.165, 1.54) is 5.57 Å². The highest BCUT2D eigenvalue weighted by Gasteiger charge is 2.14. The zero-order valence-corrected chi connectivity index (χ0v) is 6.22. The number of hydrogen-bond donors (Lipinski definition) is 1. The lowest BCUT2D eigenvalue weighted by molar-refractivity contribution is 0.160. The van der Waals surface area contributed by atoms with Crippen LogP contribution in [-0.2, 0) is 0 Å². The number of hydrogen-bond acceptors (Lipinski definition) is 1. The van der Waals surface area contributed by atoms with Crippen LogP contribution in [0.25, 0.3) is 0 Å². The maximum absolute atomic E-state index is 9.20. The van der Waals surface area contributed by atoms with Gasteiger partial charge >= 0.3 is 0 Å². The maximum Gasteiger partial charge on any atom is 0.0589 e. The molecule has 1 heteroatoms.